The van der Waals surface area contributed by atoms with Crippen molar-refractivity contribution in [1.29, 1.82) is 0 Å². The molecule has 0 bridgehead atoms. The van der Waals surface area contributed by atoms with E-state index in [-0.39, 0.29) is 5.78 Å². The van der Waals surface area contributed by atoms with Crippen molar-refractivity contribution < 1.29 is 23.7 Å². The lowest BCUT2D eigenvalue weighted by Gasteiger charge is -2.14. The summed E-state index contributed by atoms with van der Waals surface area (Å²) in [6.45, 7) is 2.08. The minimum absolute atomic E-state index is 0.118. The van der Waals surface area contributed by atoms with Crippen molar-refractivity contribution in [2.45, 2.75) is 38.5 Å². The van der Waals surface area contributed by atoms with E-state index in [0.29, 0.717) is 58.3 Å². The SMILES string of the molecule is COc1cc(/C=C/C(=O)c2cc(OCC3CC3)cc(OCC3CC3)c2Br)ccc1OCC1CC1. The number of carbonyl (C=O) groups excluding carboxylic acids is 1. The van der Waals surface area contributed by atoms with Gasteiger partial charge in [-0.25, -0.2) is 0 Å². The summed E-state index contributed by atoms with van der Waals surface area (Å²) >= 11 is 3.60. The smallest absolute Gasteiger partial charge is 0.187 e. The van der Waals surface area contributed by atoms with Crippen molar-refractivity contribution in [2.75, 3.05) is 26.9 Å². The van der Waals surface area contributed by atoms with Gasteiger partial charge in [0, 0.05) is 11.6 Å². The van der Waals surface area contributed by atoms with E-state index in [1.54, 1.807) is 25.3 Å². The zero-order chi connectivity index (χ0) is 23.5. The van der Waals surface area contributed by atoms with Crippen LogP contribution >= 0.6 is 15.9 Å². The molecule has 3 aliphatic carbocycles. The first-order valence-corrected chi connectivity index (χ1v) is 13.0. The highest BCUT2D eigenvalue weighted by molar-refractivity contribution is 9.10. The number of rotatable bonds is 13. The van der Waals surface area contributed by atoms with Crippen LogP contribution in [-0.4, -0.2) is 32.7 Å². The molecule has 5 nitrogen and oxygen atoms in total. The topological polar surface area (TPSA) is 54.0 Å². The quantitative estimate of drug-likeness (QED) is 0.214. The number of halogens is 1. The van der Waals surface area contributed by atoms with E-state index in [4.69, 9.17) is 18.9 Å². The monoisotopic (exact) mass is 526 g/mol. The highest BCUT2D eigenvalue weighted by atomic mass is 79.9. The van der Waals surface area contributed by atoms with Gasteiger partial charge in [0.25, 0.3) is 0 Å². The van der Waals surface area contributed by atoms with Gasteiger partial charge in [0.2, 0.25) is 0 Å². The Morgan fingerprint density at radius 2 is 1.47 bits per heavy atom. The first-order valence-electron chi connectivity index (χ1n) is 12.2. The maximum Gasteiger partial charge on any atom is 0.187 e. The number of ether oxygens (including phenoxy) is 4. The van der Waals surface area contributed by atoms with Crippen LogP contribution < -0.4 is 18.9 Å². The first kappa shape index (κ1) is 23.3. The molecule has 2 aromatic rings. The molecule has 5 rings (SSSR count). The maximum absolute atomic E-state index is 13.2. The Balaban J connectivity index is 1.31. The predicted molar refractivity (Wildman–Crippen MR) is 135 cm³/mol. The summed E-state index contributed by atoms with van der Waals surface area (Å²) in [6, 6.07) is 9.42. The van der Waals surface area contributed by atoms with Gasteiger partial charge in [0.05, 0.1) is 31.4 Å². The van der Waals surface area contributed by atoms with Gasteiger partial charge < -0.3 is 18.9 Å². The summed E-state index contributed by atoms with van der Waals surface area (Å²) in [5, 5.41) is 0. The van der Waals surface area contributed by atoms with Gasteiger partial charge >= 0.3 is 0 Å². The van der Waals surface area contributed by atoms with E-state index in [2.05, 4.69) is 15.9 Å². The average Bonchev–Trinajstić information content (AvgIpc) is 3.70. The third kappa shape index (κ3) is 6.35. The highest BCUT2D eigenvalue weighted by Crippen LogP contribution is 2.38. The van der Waals surface area contributed by atoms with Crippen LogP contribution in [-0.2, 0) is 0 Å². The van der Waals surface area contributed by atoms with E-state index in [1.165, 1.54) is 38.5 Å². The Morgan fingerprint density at radius 1 is 0.853 bits per heavy atom. The molecule has 0 saturated heterocycles. The molecule has 0 aromatic heterocycles. The molecule has 180 valence electrons. The number of ketones is 1. The van der Waals surface area contributed by atoms with Crippen molar-refractivity contribution in [3.63, 3.8) is 0 Å². The van der Waals surface area contributed by atoms with Crippen molar-refractivity contribution in [3.8, 4) is 23.0 Å². The summed E-state index contributed by atoms with van der Waals surface area (Å²) in [4.78, 5) is 13.2. The Morgan fingerprint density at radius 3 is 2.09 bits per heavy atom. The standard InChI is InChI=1S/C28H31BrO5/c1-31-26-12-18(9-11-25(26)33-16-20-4-5-20)8-10-24(30)23-13-22(32-15-19-2-3-19)14-27(28(23)29)34-17-21-6-7-21/h8-14,19-21H,2-7,15-17H2,1H3/b10-8+. The fourth-order valence-corrected chi connectivity index (χ4v) is 4.13. The minimum Gasteiger partial charge on any atom is -0.493 e. The third-order valence-electron chi connectivity index (χ3n) is 6.42. The summed E-state index contributed by atoms with van der Waals surface area (Å²) in [6.07, 6.45) is 10.7. The molecule has 0 unspecified atom stereocenters. The number of hydrogen-bond donors (Lipinski definition) is 0. The molecule has 3 saturated carbocycles. The number of benzene rings is 2. The van der Waals surface area contributed by atoms with E-state index in [1.807, 2.05) is 24.3 Å². The lowest BCUT2D eigenvalue weighted by molar-refractivity contribution is 0.104. The van der Waals surface area contributed by atoms with E-state index in [0.717, 1.165) is 17.9 Å². The molecule has 6 heteroatoms. The molecule has 3 aliphatic rings. The number of allylic oxidation sites excluding steroid dienone is 1. The van der Waals surface area contributed by atoms with Crippen LogP contribution in [0, 0.1) is 17.8 Å². The highest BCUT2D eigenvalue weighted by Gasteiger charge is 2.25. The largest absolute Gasteiger partial charge is 0.493 e. The fraction of sp³-hybridized carbons (Fsp3) is 0.464. The molecule has 0 heterocycles. The Bertz CT molecular complexity index is 1070. The Hall–Kier alpha value is -2.47. The summed E-state index contributed by atoms with van der Waals surface area (Å²) in [5.74, 6) is 4.54. The van der Waals surface area contributed by atoms with E-state index < -0.39 is 0 Å². The maximum atomic E-state index is 13.2. The van der Waals surface area contributed by atoms with Crippen LogP contribution in [0.15, 0.2) is 40.9 Å². The van der Waals surface area contributed by atoms with Gasteiger partial charge in [0.1, 0.15) is 11.5 Å². The molecule has 3 fully saturated rings. The molecule has 2 aromatic carbocycles. The van der Waals surface area contributed by atoms with Crippen LogP contribution in [0.25, 0.3) is 6.08 Å². The second-order valence-corrected chi connectivity index (χ2v) is 10.4. The van der Waals surface area contributed by atoms with Gasteiger partial charge in [-0.1, -0.05) is 12.1 Å². The lowest BCUT2D eigenvalue weighted by Crippen LogP contribution is -2.06. The van der Waals surface area contributed by atoms with E-state index in [9.17, 15) is 4.79 Å². The van der Waals surface area contributed by atoms with Crippen LogP contribution in [0.4, 0.5) is 0 Å². The molecule has 0 atom stereocenters. The second-order valence-electron chi connectivity index (χ2n) is 9.65. The van der Waals surface area contributed by atoms with Crippen LogP contribution in [0.5, 0.6) is 23.0 Å². The fourth-order valence-electron chi connectivity index (χ4n) is 3.59. The van der Waals surface area contributed by atoms with Crippen molar-refractivity contribution in [3.05, 3.63) is 52.0 Å². The first-order chi connectivity index (χ1) is 16.6. The normalized spacial score (nSPS) is 17.6. The Kier molecular flexibility index (Phi) is 7.14. The van der Waals surface area contributed by atoms with Crippen LogP contribution in [0.2, 0.25) is 0 Å². The lowest BCUT2D eigenvalue weighted by atomic mass is 10.1. The van der Waals surface area contributed by atoms with Crippen molar-refractivity contribution in [1.82, 2.24) is 0 Å². The summed E-state index contributed by atoms with van der Waals surface area (Å²) in [5.41, 5.74) is 1.40. The number of carbonyl (C=O) groups is 1. The van der Waals surface area contributed by atoms with Gasteiger partial charge in [-0.3, -0.25) is 4.79 Å². The average molecular weight is 527 g/mol. The van der Waals surface area contributed by atoms with E-state index >= 15 is 0 Å². The van der Waals surface area contributed by atoms with Gasteiger partial charge in [-0.15, -0.1) is 0 Å². The molecule has 0 N–H and O–H groups in total. The third-order valence-corrected chi connectivity index (χ3v) is 7.24. The van der Waals surface area contributed by atoms with Gasteiger partial charge in [-0.2, -0.15) is 0 Å². The molecular weight excluding hydrogens is 496 g/mol. The molecule has 34 heavy (non-hydrogen) atoms. The molecule has 0 aliphatic heterocycles. The second kappa shape index (κ2) is 10.4. The van der Waals surface area contributed by atoms with Crippen molar-refractivity contribution >= 4 is 27.8 Å². The van der Waals surface area contributed by atoms with Crippen LogP contribution in [0.3, 0.4) is 0 Å². The number of methoxy groups -OCH3 is 1. The van der Waals surface area contributed by atoms with Crippen LogP contribution in [0.1, 0.15) is 54.4 Å². The minimum atomic E-state index is -0.118. The van der Waals surface area contributed by atoms with Gasteiger partial charge in [0.15, 0.2) is 17.3 Å². The zero-order valence-electron chi connectivity index (χ0n) is 19.6. The number of hydrogen-bond acceptors (Lipinski definition) is 5. The Labute approximate surface area is 209 Å². The summed E-state index contributed by atoms with van der Waals surface area (Å²) < 4.78 is 24.1. The predicted octanol–water partition coefficient (Wildman–Crippen LogP) is 6.72. The molecular formula is C28H31BrO5. The molecule has 0 amide bonds. The summed E-state index contributed by atoms with van der Waals surface area (Å²) in [7, 11) is 1.63. The molecule has 0 spiro atoms. The molecule has 0 radical (unpaired) electrons. The van der Waals surface area contributed by atoms with Gasteiger partial charge in [-0.05, 0) is 102 Å². The zero-order valence-corrected chi connectivity index (χ0v) is 21.1. The van der Waals surface area contributed by atoms with Crippen molar-refractivity contribution in [2.24, 2.45) is 17.8 Å².